The molecule has 2 rings (SSSR count). The van der Waals surface area contributed by atoms with Crippen LogP contribution in [0.5, 0.6) is 0 Å². The smallest absolute Gasteiger partial charge is 0.339 e. The minimum atomic E-state index is -1.03. The molecule has 112 valence electrons. The molecular formula is C15H17NO4S. The molecule has 0 saturated heterocycles. The van der Waals surface area contributed by atoms with E-state index in [0.29, 0.717) is 16.4 Å². The van der Waals surface area contributed by atoms with E-state index in [1.54, 1.807) is 6.92 Å². The Labute approximate surface area is 126 Å². The minimum absolute atomic E-state index is 0.125. The summed E-state index contributed by atoms with van der Waals surface area (Å²) in [6, 6.07) is 3.31. The van der Waals surface area contributed by atoms with Crippen LogP contribution >= 0.6 is 11.3 Å². The topological polar surface area (TPSA) is 79.5 Å². The van der Waals surface area contributed by atoms with Gasteiger partial charge in [0.15, 0.2) is 0 Å². The number of hydrogen-bond donors (Lipinski definition) is 2. The van der Waals surface area contributed by atoms with Crippen molar-refractivity contribution in [1.29, 1.82) is 0 Å². The van der Waals surface area contributed by atoms with E-state index in [1.165, 1.54) is 22.3 Å². The van der Waals surface area contributed by atoms with E-state index in [4.69, 9.17) is 9.52 Å². The minimum Gasteiger partial charge on any atom is -0.478 e. The van der Waals surface area contributed by atoms with E-state index in [2.05, 4.69) is 12.2 Å². The number of rotatable bonds is 5. The van der Waals surface area contributed by atoms with Crippen LogP contribution in [0, 0.1) is 13.8 Å². The molecule has 0 aromatic carbocycles. The first kappa shape index (κ1) is 15.3. The number of thiophene rings is 1. The molecule has 0 bridgehead atoms. The zero-order chi connectivity index (χ0) is 15.6. The second-order valence-corrected chi connectivity index (χ2v) is 5.88. The lowest BCUT2D eigenvalue weighted by Gasteiger charge is -2.00. The van der Waals surface area contributed by atoms with Crippen LogP contribution in [-0.4, -0.2) is 17.0 Å². The van der Waals surface area contributed by atoms with Gasteiger partial charge in [0.05, 0.1) is 11.4 Å². The predicted octanol–water partition coefficient (Wildman–Crippen LogP) is 3.15. The van der Waals surface area contributed by atoms with Crippen LogP contribution in [0.15, 0.2) is 16.5 Å². The maximum atomic E-state index is 12.1. The fourth-order valence-corrected chi connectivity index (χ4v) is 3.11. The summed E-state index contributed by atoms with van der Waals surface area (Å²) < 4.78 is 5.32. The lowest BCUT2D eigenvalue weighted by atomic mass is 10.2. The number of aryl methyl sites for hydroxylation is 3. The number of furan rings is 1. The summed E-state index contributed by atoms with van der Waals surface area (Å²) in [6.07, 6.45) is 0.906. The maximum absolute atomic E-state index is 12.1. The Morgan fingerprint density at radius 3 is 2.57 bits per heavy atom. The van der Waals surface area contributed by atoms with Crippen LogP contribution < -0.4 is 5.32 Å². The molecule has 21 heavy (non-hydrogen) atoms. The number of carbonyl (C=O) groups is 2. The van der Waals surface area contributed by atoms with Crippen LogP contribution in [0.25, 0.3) is 0 Å². The van der Waals surface area contributed by atoms with Crippen LogP contribution in [-0.2, 0) is 13.0 Å². The van der Waals surface area contributed by atoms with Crippen molar-refractivity contribution < 1.29 is 19.1 Å². The van der Waals surface area contributed by atoms with Gasteiger partial charge in [0, 0.05) is 4.88 Å². The summed E-state index contributed by atoms with van der Waals surface area (Å²) in [5.41, 5.74) is 1.24. The van der Waals surface area contributed by atoms with E-state index in [-0.39, 0.29) is 18.0 Å². The first-order valence-corrected chi connectivity index (χ1v) is 7.44. The molecule has 2 N–H and O–H groups in total. The van der Waals surface area contributed by atoms with E-state index in [0.717, 1.165) is 12.0 Å². The average Bonchev–Trinajstić information content (AvgIpc) is 2.99. The van der Waals surface area contributed by atoms with Crippen molar-refractivity contribution in [2.24, 2.45) is 0 Å². The van der Waals surface area contributed by atoms with Crippen molar-refractivity contribution >= 4 is 23.2 Å². The molecule has 2 aromatic heterocycles. The fourth-order valence-electron chi connectivity index (χ4n) is 2.08. The molecule has 0 aliphatic heterocycles. The molecule has 0 aliphatic rings. The second-order valence-electron chi connectivity index (χ2n) is 4.74. The summed E-state index contributed by atoms with van der Waals surface area (Å²) in [5.74, 6) is -0.432. The number of aromatic carboxylic acids is 1. The Kier molecular flexibility index (Phi) is 4.47. The third kappa shape index (κ3) is 3.33. The number of carboxylic acids is 1. The molecule has 0 saturated carbocycles. The zero-order valence-corrected chi connectivity index (χ0v) is 13.0. The molecule has 5 nitrogen and oxygen atoms in total. The lowest BCUT2D eigenvalue weighted by Crippen LogP contribution is -2.21. The predicted molar refractivity (Wildman–Crippen MR) is 80.0 cm³/mol. The summed E-state index contributed by atoms with van der Waals surface area (Å²) in [7, 11) is 0. The SMILES string of the molecule is CCc1sc(C(=O)NCc2cc(C(=O)O)c(C)o2)cc1C. The lowest BCUT2D eigenvalue weighted by molar-refractivity contribution is 0.0694. The average molecular weight is 307 g/mol. The summed E-state index contributed by atoms with van der Waals surface area (Å²) in [4.78, 5) is 24.8. The summed E-state index contributed by atoms with van der Waals surface area (Å²) >= 11 is 1.48. The summed E-state index contributed by atoms with van der Waals surface area (Å²) in [5, 5.41) is 11.7. The largest absolute Gasteiger partial charge is 0.478 e. The van der Waals surface area contributed by atoms with Gasteiger partial charge in [0.25, 0.3) is 5.91 Å². The van der Waals surface area contributed by atoms with Gasteiger partial charge in [-0.1, -0.05) is 6.92 Å². The van der Waals surface area contributed by atoms with Crippen LogP contribution in [0.4, 0.5) is 0 Å². The Hall–Kier alpha value is -2.08. The van der Waals surface area contributed by atoms with E-state index < -0.39 is 5.97 Å². The molecule has 0 aliphatic carbocycles. The number of carboxylic acid groups (broad SMARTS) is 1. The Morgan fingerprint density at radius 1 is 1.33 bits per heavy atom. The Morgan fingerprint density at radius 2 is 2.05 bits per heavy atom. The molecule has 2 heterocycles. The van der Waals surface area contributed by atoms with E-state index in [9.17, 15) is 9.59 Å². The third-order valence-electron chi connectivity index (χ3n) is 3.19. The summed E-state index contributed by atoms with van der Waals surface area (Å²) in [6.45, 7) is 5.80. The number of carbonyl (C=O) groups excluding carboxylic acids is 1. The number of nitrogens with one attached hydrogen (secondary N) is 1. The van der Waals surface area contributed by atoms with E-state index in [1.807, 2.05) is 13.0 Å². The van der Waals surface area contributed by atoms with Gasteiger partial charge in [-0.05, 0) is 38.0 Å². The Balaban J connectivity index is 2.03. The van der Waals surface area contributed by atoms with E-state index >= 15 is 0 Å². The van der Waals surface area contributed by atoms with Gasteiger partial charge in [0.1, 0.15) is 17.1 Å². The van der Waals surface area contributed by atoms with Crippen molar-refractivity contribution in [2.45, 2.75) is 33.7 Å². The highest BCUT2D eigenvalue weighted by atomic mass is 32.1. The van der Waals surface area contributed by atoms with Crippen LogP contribution in [0.1, 0.15) is 48.9 Å². The molecule has 2 aromatic rings. The zero-order valence-electron chi connectivity index (χ0n) is 12.1. The van der Waals surface area contributed by atoms with Gasteiger partial charge in [-0.3, -0.25) is 4.79 Å². The number of hydrogen-bond acceptors (Lipinski definition) is 4. The van der Waals surface area contributed by atoms with Gasteiger partial charge >= 0.3 is 5.97 Å². The van der Waals surface area contributed by atoms with Gasteiger partial charge in [-0.25, -0.2) is 4.79 Å². The fraction of sp³-hybridized carbons (Fsp3) is 0.333. The molecule has 0 spiro atoms. The van der Waals surface area contributed by atoms with Crippen molar-refractivity contribution in [3.05, 3.63) is 44.5 Å². The number of amides is 1. The van der Waals surface area contributed by atoms with Crippen molar-refractivity contribution in [2.75, 3.05) is 0 Å². The van der Waals surface area contributed by atoms with Gasteiger partial charge in [-0.2, -0.15) is 0 Å². The first-order chi connectivity index (χ1) is 9.92. The Bertz CT molecular complexity index is 684. The molecule has 1 amide bonds. The van der Waals surface area contributed by atoms with Crippen molar-refractivity contribution in [1.82, 2.24) is 5.32 Å². The van der Waals surface area contributed by atoms with Gasteiger partial charge in [-0.15, -0.1) is 11.3 Å². The monoisotopic (exact) mass is 307 g/mol. The van der Waals surface area contributed by atoms with Crippen molar-refractivity contribution in [3.63, 3.8) is 0 Å². The first-order valence-electron chi connectivity index (χ1n) is 6.62. The van der Waals surface area contributed by atoms with Gasteiger partial charge in [0.2, 0.25) is 0 Å². The van der Waals surface area contributed by atoms with Crippen LogP contribution in [0.2, 0.25) is 0 Å². The molecule has 0 unspecified atom stereocenters. The third-order valence-corrected chi connectivity index (χ3v) is 4.57. The molecule has 0 radical (unpaired) electrons. The second kappa shape index (κ2) is 6.13. The molecule has 6 heteroatoms. The quantitative estimate of drug-likeness (QED) is 0.889. The molecule has 0 fully saturated rings. The standard InChI is InChI=1S/C15H17NO4S/c1-4-12-8(2)5-13(21-12)14(17)16-7-10-6-11(15(18)19)9(3)20-10/h5-6H,4,7H2,1-3H3,(H,16,17)(H,18,19). The molecular weight excluding hydrogens is 290 g/mol. The molecule has 0 atom stereocenters. The highest BCUT2D eigenvalue weighted by Gasteiger charge is 2.15. The maximum Gasteiger partial charge on any atom is 0.339 e. The van der Waals surface area contributed by atoms with Crippen LogP contribution in [0.3, 0.4) is 0 Å². The highest BCUT2D eigenvalue weighted by Crippen LogP contribution is 2.22. The normalized spacial score (nSPS) is 10.6. The van der Waals surface area contributed by atoms with Crippen molar-refractivity contribution in [3.8, 4) is 0 Å². The van der Waals surface area contributed by atoms with Gasteiger partial charge < -0.3 is 14.8 Å². The highest BCUT2D eigenvalue weighted by molar-refractivity contribution is 7.14.